The maximum absolute atomic E-state index is 14.7. The monoisotopic (exact) mass is 409 g/mol. The van der Waals surface area contributed by atoms with Crippen LogP contribution in [0.1, 0.15) is 34.8 Å². The zero-order valence-corrected chi connectivity index (χ0v) is 16.6. The van der Waals surface area contributed by atoms with Gasteiger partial charge in [0.15, 0.2) is 0 Å². The summed E-state index contributed by atoms with van der Waals surface area (Å²) in [5.74, 6) is -0.846. The van der Waals surface area contributed by atoms with Gasteiger partial charge in [0.25, 0.3) is 0 Å². The molecular weight excluding hydrogens is 384 g/mol. The third-order valence-electron chi connectivity index (χ3n) is 6.35. The minimum atomic E-state index is -0.439. The second-order valence-corrected chi connectivity index (χ2v) is 8.36. The first-order valence-electron chi connectivity index (χ1n) is 10.3. The van der Waals surface area contributed by atoms with Crippen LogP contribution in [0.4, 0.5) is 8.78 Å². The van der Waals surface area contributed by atoms with Crippen molar-refractivity contribution < 1.29 is 8.78 Å². The number of halogens is 2. The first-order valence-corrected chi connectivity index (χ1v) is 10.3. The van der Waals surface area contributed by atoms with Gasteiger partial charge in [-0.15, -0.1) is 0 Å². The number of hydrogen-bond acceptors (Lipinski definition) is 4. The van der Waals surface area contributed by atoms with Gasteiger partial charge in [0.05, 0.1) is 17.9 Å². The quantitative estimate of drug-likeness (QED) is 0.694. The average molecular weight is 409 g/mol. The Labute approximate surface area is 174 Å². The van der Waals surface area contributed by atoms with E-state index >= 15 is 0 Å². The summed E-state index contributed by atoms with van der Waals surface area (Å²) < 4.78 is 28.7. The first kappa shape index (κ1) is 19.4. The summed E-state index contributed by atoms with van der Waals surface area (Å²) in [6.45, 7) is 3.01. The molecule has 156 valence electrons. The molecule has 1 unspecified atom stereocenters. The molecular formula is C23H25F2N5. The number of aromatic nitrogens is 2. The standard InChI is InChI=1S/C23H25F2N5/c24-17-6-7-20(25)19(8-17)23-21(26)9-18(29-12-16-10-27-28-22(16)14-29)13-30(23)11-15-4-2-1-3-5-15/h1-8,10,18,21,23H,9,11-14,26H2,(H,27,28)/t18-,21+,23?/m1/s1. The topological polar surface area (TPSA) is 61.2 Å². The van der Waals surface area contributed by atoms with Gasteiger partial charge in [0, 0.05) is 49.4 Å². The zero-order chi connectivity index (χ0) is 20.7. The van der Waals surface area contributed by atoms with Crippen LogP contribution in [-0.4, -0.2) is 38.6 Å². The molecule has 3 N–H and O–H groups in total. The van der Waals surface area contributed by atoms with E-state index in [-0.39, 0.29) is 18.1 Å². The molecule has 0 amide bonds. The highest BCUT2D eigenvalue weighted by molar-refractivity contribution is 5.27. The molecule has 1 saturated heterocycles. The first-order chi connectivity index (χ1) is 14.6. The minimum absolute atomic E-state index is 0.234. The highest BCUT2D eigenvalue weighted by Crippen LogP contribution is 2.36. The average Bonchev–Trinajstić information content (AvgIpc) is 3.33. The summed E-state index contributed by atoms with van der Waals surface area (Å²) in [7, 11) is 0. The van der Waals surface area contributed by atoms with Crippen LogP contribution in [-0.2, 0) is 19.6 Å². The molecule has 3 aromatic rings. The third-order valence-corrected chi connectivity index (χ3v) is 6.35. The van der Waals surface area contributed by atoms with E-state index in [0.717, 1.165) is 43.4 Å². The van der Waals surface area contributed by atoms with Gasteiger partial charge < -0.3 is 5.73 Å². The number of H-pyrrole nitrogens is 1. The zero-order valence-electron chi connectivity index (χ0n) is 16.6. The molecule has 30 heavy (non-hydrogen) atoms. The van der Waals surface area contributed by atoms with E-state index in [1.165, 1.54) is 17.7 Å². The number of aromatic amines is 1. The van der Waals surface area contributed by atoms with Gasteiger partial charge >= 0.3 is 0 Å². The van der Waals surface area contributed by atoms with Gasteiger partial charge in [0.1, 0.15) is 11.6 Å². The fraction of sp³-hybridized carbons (Fsp3) is 0.348. The Hall–Kier alpha value is -2.61. The Kier molecular flexibility index (Phi) is 5.10. The van der Waals surface area contributed by atoms with E-state index in [2.05, 4.69) is 32.1 Å². The summed E-state index contributed by atoms with van der Waals surface area (Å²) in [5, 5.41) is 7.18. The molecule has 1 aromatic heterocycles. The van der Waals surface area contributed by atoms with E-state index in [4.69, 9.17) is 5.73 Å². The van der Waals surface area contributed by atoms with E-state index in [1.54, 1.807) is 0 Å². The molecule has 3 atom stereocenters. The van der Waals surface area contributed by atoms with Crippen molar-refractivity contribution in [3.63, 3.8) is 0 Å². The predicted octanol–water partition coefficient (Wildman–Crippen LogP) is 3.35. The van der Waals surface area contributed by atoms with Crippen molar-refractivity contribution in [1.82, 2.24) is 20.0 Å². The van der Waals surface area contributed by atoms with Crippen LogP contribution in [0.15, 0.2) is 54.7 Å². The van der Waals surface area contributed by atoms with E-state index in [9.17, 15) is 8.78 Å². The Morgan fingerprint density at radius 1 is 1.10 bits per heavy atom. The summed E-state index contributed by atoms with van der Waals surface area (Å²) in [5.41, 5.74) is 10.5. The van der Waals surface area contributed by atoms with Crippen molar-refractivity contribution in [3.8, 4) is 0 Å². The summed E-state index contributed by atoms with van der Waals surface area (Å²) in [6.07, 6.45) is 2.61. The normalized spacial score (nSPS) is 24.8. The lowest BCUT2D eigenvalue weighted by Crippen LogP contribution is -2.55. The van der Waals surface area contributed by atoms with Crippen LogP contribution in [0.2, 0.25) is 0 Å². The van der Waals surface area contributed by atoms with Gasteiger partial charge in [-0.3, -0.25) is 14.9 Å². The van der Waals surface area contributed by atoms with Gasteiger partial charge in [-0.2, -0.15) is 5.10 Å². The Bertz CT molecular complexity index is 1000. The van der Waals surface area contributed by atoms with Crippen LogP contribution in [0, 0.1) is 11.6 Å². The van der Waals surface area contributed by atoms with Crippen molar-refractivity contribution in [2.24, 2.45) is 5.73 Å². The van der Waals surface area contributed by atoms with Crippen LogP contribution in [0.5, 0.6) is 0 Å². The summed E-state index contributed by atoms with van der Waals surface area (Å²) >= 11 is 0. The van der Waals surface area contributed by atoms with Gasteiger partial charge in [-0.25, -0.2) is 8.78 Å². The fourth-order valence-corrected chi connectivity index (χ4v) is 4.93. The summed E-state index contributed by atoms with van der Waals surface area (Å²) in [6, 6.07) is 13.3. The van der Waals surface area contributed by atoms with Crippen molar-refractivity contribution in [2.45, 2.75) is 44.2 Å². The maximum atomic E-state index is 14.7. The number of fused-ring (bicyclic) bond motifs is 1. The molecule has 0 radical (unpaired) electrons. The third kappa shape index (κ3) is 3.64. The van der Waals surface area contributed by atoms with Crippen LogP contribution in [0.25, 0.3) is 0 Å². The van der Waals surface area contributed by atoms with Crippen LogP contribution < -0.4 is 5.73 Å². The highest BCUT2D eigenvalue weighted by Gasteiger charge is 2.40. The number of rotatable bonds is 4. The van der Waals surface area contributed by atoms with E-state index < -0.39 is 11.6 Å². The van der Waals surface area contributed by atoms with Crippen LogP contribution in [0.3, 0.4) is 0 Å². The van der Waals surface area contributed by atoms with Gasteiger partial charge in [0.2, 0.25) is 0 Å². The minimum Gasteiger partial charge on any atom is -0.326 e. The molecule has 2 aliphatic heterocycles. The van der Waals surface area contributed by atoms with Crippen molar-refractivity contribution in [2.75, 3.05) is 6.54 Å². The van der Waals surface area contributed by atoms with Crippen molar-refractivity contribution in [1.29, 1.82) is 0 Å². The lowest BCUT2D eigenvalue weighted by molar-refractivity contribution is 0.0362. The molecule has 0 bridgehead atoms. The largest absolute Gasteiger partial charge is 0.326 e. The number of nitrogens with zero attached hydrogens (tertiary/aromatic N) is 3. The predicted molar refractivity (Wildman–Crippen MR) is 110 cm³/mol. The van der Waals surface area contributed by atoms with Crippen molar-refractivity contribution in [3.05, 3.63) is 88.7 Å². The molecule has 0 spiro atoms. The maximum Gasteiger partial charge on any atom is 0.128 e. The molecule has 0 aliphatic carbocycles. The van der Waals surface area contributed by atoms with Crippen LogP contribution >= 0.6 is 0 Å². The van der Waals surface area contributed by atoms with Gasteiger partial charge in [-0.1, -0.05) is 30.3 Å². The smallest absolute Gasteiger partial charge is 0.128 e. The molecule has 7 heteroatoms. The molecule has 5 nitrogen and oxygen atoms in total. The fourth-order valence-electron chi connectivity index (χ4n) is 4.93. The number of nitrogens with two attached hydrogens (primary N) is 1. The molecule has 5 rings (SSSR count). The lowest BCUT2D eigenvalue weighted by Gasteiger charge is -2.46. The number of piperidine rings is 1. The number of hydrogen-bond donors (Lipinski definition) is 2. The highest BCUT2D eigenvalue weighted by atomic mass is 19.1. The molecule has 2 aliphatic rings. The second kappa shape index (κ2) is 7.91. The molecule has 3 heterocycles. The molecule has 1 fully saturated rings. The Morgan fingerprint density at radius 2 is 1.93 bits per heavy atom. The SMILES string of the molecule is N[C@H]1C[C@@H](N2Cc3cn[nH]c3C2)CN(Cc2ccccc2)C1c1cc(F)ccc1F. The number of benzene rings is 2. The number of nitrogens with one attached hydrogen (secondary N) is 1. The van der Waals surface area contributed by atoms with E-state index in [1.807, 2.05) is 24.4 Å². The second-order valence-electron chi connectivity index (χ2n) is 8.36. The van der Waals surface area contributed by atoms with Crippen molar-refractivity contribution >= 4 is 0 Å². The lowest BCUT2D eigenvalue weighted by atomic mass is 9.87. The Morgan fingerprint density at radius 3 is 2.73 bits per heavy atom. The number of likely N-dealkylation sites (tertiary alicyclic amines) is 1. The summed E-state index contributed by atoms with van der Waals surface area (Å²) in [4.78, 5) is 4.61. The van der Waals surface area contributed by atoms with E-state index in [0.29, 0.717) is 12.1 Å². The molecule has 0 saturated carbocycles. The molecule has 2 aromatic carbocycles. The van der Waals surface area contributed by atoms with Gasteiger partial charge in [-0.05, 0) is 30.2 Å². The Balaban J connectivity index is 1.44.